The SMILES string of the molecule is Cl.ClC1=NC2=C(C=CCC2)n2ccc3c2C1=CCC3. The van der Waals surface area contributed by atoms with E-state index >= 15 is 0 Å². The first kappa shape index (κ1) is 12.8. The van der Waals surface area contributed by atoms with Gasteiger partial charge in [0.2, 0.25) is 0 Å². The molecule has 0 radical (unpaired) electrons. The Labute approximate surface area is 123 Å². The molecule has 3 aliphatic rings. The van der Waals surface area contributed by atoms with Gasteiger partial charge < -0.3 is 4.57 Å². The van der Waals surface area contributed by atoms with E-state index in [1.54, 1.807) is 0 Å². The van der Waals surface area contributed by atoms with Gasteiger partial charge in [0.1, 0.15) is 5.17 Å². The number of hydrogen-bond donors (Lipinski definition) is 0. The highest BCUT2D eigenvalue weighted by atomic mass is 35.5. The minimum Gasteiger partial charge on any atom is -0.314 e. The minimum atomic E-state index is 0. The van der Waals surface area contributed by atoms with E-state index in [0.717, 1.165) is 37.0 Å². The quantitative estimate of drug-likeness (QED) is 0.674. The fourth-order valence-electron chi connectivity index (χ4n) is 2.98. The van der Waals surface area contributed by atoms with Crippen LogP contribution in [0.3, 0.4) is 0 Å². The van der Waals surface area contributed by atoms with Crippen LogP contribution in [0.25, 0.3) is 11.3 Å². The molecule has 0 amide bonds. The van der Waals surface area contributed by atoms with E-state index in [0.29, 0.717) is 5.17 Å². The first-order chi connectivity index (χ1) is 8.84. The lowest BCUT2D eigenvalue weighted by molar-refractivity contribution is 0.916. The van der Waals surface area contributed by atoms with Gasteiger partial charge in [0.15, 0.2) is 0 Å². The summed E-state index contributed by atoms with van der Waals surface area (Å²) >= 11 is 6.41. The van der Waals surface area contributed by atoms with Crippen LogP contribution in [0.1, 0.15) is 30.5 Å². The van der Waals surface area contributed by atoms with E-state index in [2.05, 4.69) is 40.1 Å². The summed E-state index contributed by atoms with van der Waals surface area (Å²) in [5, 5.41) is 0.649. The van der Waals surface area contributed by atoms with Crippen LogP contribution in [-0.4, -0.2) is 9.74 Å². The monoisotopic (exact) mass is 292 g/mol. The molecule has 0 aromatic carbocycles. The molecule has 0 saturated carbocycles. The van der Waals surface area contributed by atoms with E-state index in [9.17, 15) is 0 Å². The van der Waals surface area contributed by atoms with Crippen molar-refractivity contribution in [1.82, 2.24) is 4.57 Å². The standard InChI is InChI=1S/C15H13ClN2.ClH/c16-15-11-5-3-4-10-8-9-18(14(10)11)13-7-2-1-6-12(13)17-15;/h2,5,7-9H,1,3-4,6H2;1H. The summed E-state index contributed by atoms with van der Waals surface area (Å²) in [7, 11) is 0. The Morgan fingerprint density at radius 1 is 1.21 bits per heavy atom. The number of aliphatic imine (C=N–C) groups is 1. The summed E-state index contributed by atoms with van der Waals surface area (Å²) in [6, 6.07) is 2.21. The van der Waals surface area contributed by atoms with Crippen molar-refractivity contribution < 1.29 is 0 Å². The number of allylic oxidation sites excluding steroid dienone is 6. The van der Waals surface area contributed by atoms with Crippen molar-refractivity contribution in [3.05, 3.63) is 47.4 Å². The topological polar surface area (TPSA) is 17.3 Å². The highest BCUT2D eigenvalue weighted by Gasteiger charge is 2.25. The zero-order valence-electron chi connectivity index (χ0n) is 10.4. The zero-order valence-corrected chi connectivity index (χ0v) is 12.0. The lowest BCUT2D eigenvalue weighted by atomic mass is 9.98. The molecule has 1 aromatic rings. The Kier molecular flexibility index (Phi) is 3.15. The highest BCUT2D eigenvalue weighted by Crippen LogP contribution is 2.37. The molecule has 1 aliphatic heterocycles. The van der Waals surface area contributed by atoms with Crippen LogP contribution < -0.4 is 0 Å². The lowest BCUT2D eigenvalue weighted by Crippen LogP contribution is -2.07. The number of aryl methyl sites for hydroxylation is 1. The van der Waals surface area contributed by atoms with Crippen molar-refractivity contribution in [2.75, 3.05) is 0 Å². The zero-order chi connectivity index (χ0) is 12.1. The number of nitrogens with zero attached hydrogens (tertiary/aromatic N) is 2. The van der Waals surface area contributed by atoms with Gasteiger partial charge in [0.05, 0.1) is 17.1 Å². The molecule has 2 heterocycles. The van der Waals surface area contributed by atoms with Crippen molar-refractivity contribution in [2.24, 2.45) is 4.99 Å². The molecule has 19 heavy (non-hydrogen) atoms. The van der Waals surface area contributed by atoms with Crippen LogP contribution in [0.15, 0.2) is 41.2 Å². The number of halogens is 2. The van der Waals surface area contributed by atoms with E-state index in [4.69, 9.17) is 11.6 Å². The second-order valence-corrected chi connectivity index (χ2v) is 5.25. The molecule has 4 heteroatoms. The van der Waals surface area contributed by atoms with Gasteiger partial charge >= 0.3 is 0 Å². The normalized spacial score (nSPS) is 19.8. The van der Waals surface area contributed by atoms with Crippen LogP contribution in [0, 0.1) is 0 Å². The largest absolute Gasteiger partial charge is 0.314 e. The average molecular weight is 293 g/mol. The molecule has 0 spiro atoms. The van der Waals surface area contributed by atoms with Crippen LogP contribution in [-0.2, 0) is 6.42 Å². The van der Waals surface area contributed by atoms with Crippen LogP contribution in [0.2, 0.25) is 0 Å². The summed E-state index contributed by atoms with van der Waals surface area (Å²) in [5.74, 6) is 0. The van der Waals surface area contributed by atoms with Crippen molar-refractivity contribution in [1.29, 1.82) is 0 Å². The molecule has 2 nitrogen and oxygen atoms in total. The molecule has 0 fully saturated rings. The molecular formula is C15H14Cl2N2. The fraction of sp³-hybridized carbons (Fsp3) is 0.267. The van der Waals surface area contributed by atoms with Gasteiger partial charge in [-0.05, 0) is 43.4 Å². The minimum absolute atomic E-state index is 0. The van der Waals surface area contributed by atoms with Gasteiger partial charge in [-0.3, -0.25) is 0 Å². The number of hydrogen-bond acceptors (Lipinski definition) is 1. The molecule has 4 rings (SSSR count). The molecular weight excluding hydrogens is 279 g/mol. The molecule has 98 valence electrons. The van der Waals surface area contributed by atoms with Crippen molar-refractivity contribution in [2.45, 2.75) is 25.7 Å². The molecule has 0 bridgehead atoms. The number of aromatic nitrogens is 1. The van der Waals surface area contributed by atoms with Crippen molar-refractivity contribution >= 4 is 40.4 Å². The van der Waals surface area contributed by atoms with Gasteiger partial charge in [-0.25, -0.2) is 4.99 Å². The first-order valence-electron chi connectivity index (χ1n) is 6.40. The summed E-state index contributed by atoms with van der Waals surface area (Å²) in [5.41, 5.74) is 6.02. The van der Waals surface area contributed by atoms with Crippen LogP contribution in [0.4, 0.5) is 0 Å². The van der Waals surface area contributed by atoms with Gasteiger partial charge in [0.25, 0.3) is 0 Å². The van der Waals surface area contributed by atoms with Crippen LogP contribution in [0.5, 0.6) is 0 Å². The summed E-state index contributed by atoms with van der Waals surface area (Å²) in [6.07, 6.45) is 12.9. The maximum Gasteiger partial charge on any atom is 0.138 e. The highest BCUT2D eigenvalue weighted by molar-refractivity contribution is 6.76. The number of rotatable bonds is 0. The maximum absolute atomic E-state index is 6.41. The predicted molar refractivity (Wildman–Crippen MR) is 82.9 cm³/mol. The Morgan fingerprint density at radius 3 is 3.00 bits per heavy atom. The molecule has 0 atom stereocenters. The van der Waals surface area contributed by atoms with Gasteiger partial charge in [-0.1, -0.05) is 23.8 Å². The third-order valence-electron chi connectivity index (χ3n) is 3.82. The Hall–Kier alpha value is -1.25. The molecule has 0 saturated heterocycles. The van der Waals surface area contributed by atoms with E-state index in [-0.39, 0.29) is 12.4 Å². The average Bonchev–Trinajstić information content (AvgIpc) is 2.77. The third-order valence-corrected chi connectivity index (χ3v) is 4.11. The Bertz CT molecular complexity index is 660. The lowest BCUT2D eigenvalue weighted by Gasteiger charge is -2.17. The van der Waals surface area contributed by atoms with E-state index < -0.39 is 0 Å². The molecule has 0 unspecified atom stereocenters. The van der Waals surface area contributed by atoms with Crippen LogP contribution >= 0.6 is 24.0 Å². The fourth-order valence-corrected chi connectivity index (χ4v) is 3.25. The molecule has 2 aliphatic carbocycles. The summed E-state index contributed by atoms with van der Waals surface area (Å²) in [4.78, 5) is 4.63. The van der Waals surface area contributed by atoms with Crippen molar-refractivity contribution in [3.8, 4) is 0 Å². The summed E-state index contributed by atoms with van der Waals surface area (Å²) < 4.78 is 2.25. The van der Waals surface area contributed by atoms with E-state index in [1.165, 1.54) is 17.0 Å². The second kappa shape index (κ2) is 4.69. The van der Waals surface area contributed by atoms with Gasteiger partial charge in [-0.15, -0.1) is 12.4 Å². The number of fused-ring (bicyclic) bond motifs is 1. The van der Waals surface area contributed by atoms with Crippen molar-refractivity contribution in [3.63, 3.8) is 0 Å². The predicted octanol–water partition coefficient (Wildman–Crippen LogP) is 4.41. The summed E-state index contributed by atoms with van der Waals surface area (Å²) in [6.45, 7) is 0. The Morgan fingerprint density at radius 2 is 2.11 bits per heavy atom. The smallest absolute Gasteiger partial charge is 0.138 e. The molecule has 1 aromatic heterocycles. The van der Waals surface area contributed by atoms with E-state index in [1.807, 2.05) is 0 Å². The Balaban J connectivity index is 0.00000110. The second-order valence-electron chi connectivity index (χ2n) is 4.89. The van der Waals surface area contributed by atoms with Gasteiger partial charge in [-0.2, -0.15) is 0 Å². The van der Waals surface area contributed by atoms with Gasteiger partial charge in [0, 0.05) is 11.8 Å². The third kappa shape index (κ3) is 1.82. The maximum atomic E-state index is 6.41. The first-order valence-corrected chi connectivity index (χ1v) is 6.78. The molecule has 0 N–H and O–H groups in total.